The van der Waals surface area contributed by atoms with Gasteiger partial charge in [-0.1, -0.05) is 44.7 Å². The van der Waals surface area contributed by atoms with Crippen LogP contribution in [0.15, 0.2) is 31.4 Å². The van der Waals surface area contributed by atoms with Crippen LogP contribution in [-0.4, -0.2) is 10.1 Å². The van der Waals surface area contributed by atoms with Gasteiger partial charge in [-0.25, -0.2) is 0 Å². The summed E-state index contributed by atoms with van der Waals surface area (Å²) in [6.45, 7) is 12.9. The van der Waals surface area contributed by atoms with E-state index in [-0.39, 0.29) is 5.76 Å². The molecule has 0 amide bonds. The Bertz CT molecular complexity index is 518. The minimum Gasteiger partial charge on any atom is -0.507 e. The molecule has 0 spiro atoms. The molecule has 0 saturated carbocycles. The lowest BCUT2D eigenvalue weighted by molar-refractivity contribution is 0.511. The van der Waals surface area contributed by atoms with Crippen LogP contribution in [0.4, 0.5) is 0 Å². The Labute approximate surface area is 107 Å². The van der Waals surface area contributed by atoms with E-state index in [1.165, 1.54) is 6.08 Å². The van der Waals surface area contributed by atoms with Crippen molar-refractivity contribution in [2.24, 2.45) is 0 Å². The smallest absolute Gasteiger partial charge is 0.125 e. The fourth-order valence-electron chi connectivity index (χ4n) is 1.24. The maximum Gasteiger partial charge on any atom is 0.125 e. The molecule has 0 aliphatic heterocycles. The van der Waals surface area contributed by atoms with E-state index in [9.17, 15) is 5.11 Å². The van der Waals surface area contributed by atoms with E-state index in [1.807, 2.05) is 20.8 Å². The molecule has 0 saturated heterocycles. The van der Waals surface area contributed by atoms with Gasteiger partial charge in [-0.15, -0.1) is 0 Å². The van der Waals surface area contributed by atoms with Crippen molar-refractivity contribution in [2.45, 2.75) is 20.8 Å². The maximum atomic E-state index is 9.63. The molecule has 0 atom stereocenters. The molecule has 2 nitrogen and oxygen atoms in total. The Morgan fingerprint density at radius 2 is 2.00 bits per heavy atom. The van der Waals surface area contributed by atoms with Gasteiger partial charge in [0.15, 0.2) is 0 Å². The van der Waals surface area contributed by atoms with Crippen molar-refractivity contribution in [1.29, 1.82) is 0 Å². The van der Waals surface area contributed by atoms with Gasteiger partial charge in [-0.3, -0.25) is 4.98 Å². The van der Waals surface area contributed by atoms with Gasteiger partial charge in [0.1, 0.15) is 5.76 Å². The van der Waals surface area contributed by atoms with Gasteiger partial charge in [0.2, 0.25) is 0 Å². The summed E-state index contributed by atoms with van der Waals surface area (Å²) in [5, 5.41) is 11.2. The SMILES string of the molecule is C=C/C=c1/nc(C)cc(Cl)/c1=C(\O)C=C.CC. The summed E-state index contributed by atoms with van der Waals surface area (Å²) < 4.78 is 0. The lowest BCUT2D eigenvalue weighted by Crippen LogP contribution is -2.31. The second-order valence-corrected chi connectivity index (χ2v) is 3.40. The summed E-state index contributed by atoms with van der Waals surface area (Å²) in [6, 6.07) is 1.69. The first-order valence-electron chi connectivity index (χ1n) is 5.41. The summed E-state index contributed by atoms with van der Waals surface area (Å²) in [6.07, 6.45) is 4.62. The number of pyridine rings is 1. The van der Waals surface area contributed by atoms with Crippen LogP contribution < -0.4 is 10.6 Å². The summed E-state index contributed by atoms with van der Waals surface area (Å²) in [5.41, 5.74) is 0.786. The first-order valence-corrected chi connectivity index (χ1v) is 5.79. The molecule has 1 N–H and O–H groups in total. The number of hydrogen-bond acceptors (Lipinski definition) is 2. The molecule has 3 heteroatoms. The summed E-state index contributed by atoms with van der Waals surface area (Å²) in [5.74, 6) is 0.0144. The third-order valence-electron chi connectivity index (χ3n) is 1.85. The van der Waals surface area contributed by atoms with Gasteiger partial charge in [0.05, 0.1) is 15.6 Å². The molecular weight excluding hydrogens is 234 g/mol. The molecule has 0 bridgehead atoms. The van der Waals surface area contributed by atoms with E-state index >= 15 is 0 Å². The maximum absolute atomic E-state index is 9.63. The van der Waals surface area contributed by atoms with Gasteiger partial charge < -0.3 is 5.11 Å². The van der Waals surface area contributed by atoms with Gasteiger partial charge >= 0.3 is 0 Å². The van der Waals surface area contributed by atoms with Gasteiger partial charge in [0.25, 0.3) is 0 Å². The Morgan fingerprint density at radius 1 is 1.41 bits per heavy atom. The van der Waals surface area contributed by atoms with Crippen LogP contribution in [0.25, 0.3) is 11.8 Å². The van der Waals surface area contributed by atoms with Crippen molar-refractivity contribution in [3.05, 3.63) is 52.7 Å². The van der Waals surface area contributed by atoms with Crippen LogP contribution in [0.1, 0.15) is 19.5 Å². The highest BCUT2D eigenvalue weighted by atomic mass is 35.5. The highest BCUT2D eigenvalue weighted by molar-refractivity contribution is 6.30. The Morgan fingerprint density at radius 3 is 2.47 bits per heavy atom. The average Bonchev–Trinajstić information content (AvgIpc) is 2.30. The van der Waals surface area contributed by atoms with E-state index in [0.29, 0.717) is 15.6 Å². The minimum atomic E-state index is 0.0144. The normalized spacial score (nSPS) is 12.4. The first-order chi connectivity index (χ1) is 8.10. The van der Waals surface area contributed by atoms with E-state index in [2.05, 4.69) is 18.1 Å². The number of aryl methyl sites for hydroxylation is 1. The van der Waals surface area contributed by atoms with Crippen LogP contribution in [0.5, 0.6) is 0 Å². The van der Waals surface area contributed by atoms with Crippen LogP contribution in [0.3, 0.4) is 0 Å². The van der Waals surface area contributed by atoms with Crippen LogP contribution in [-0.2, 0) is 0 Å². The second kappa shape index (κ2) is 7.69. The zero-order chi connectivity index (χ0) is 13.4. The van der Waals surface area contributed by atoms with Crippen LogP contribution in [0.2, 0.25) is 5.02 Å². The minimum absolute atomic E-state index is 0.0144. The molecule has 1 aromatic rings. The summed E-state index contributed by atoms with van der Waals surface area (Å²) in [7, 11) is 0. The van der Waals surface area contributed by atoms with Crippen molar-refractivity contribution in [3.63, 3.8) is 0 Å². The molecule has 0 radical (unpaired) electrons. The summed E-state index contributed by atoms with van der Waals surface area (Å²) >= 11 is 6.02. The van der Waals surface area contributed by atoms with E-state index in [0.717, 1.165) is 5.69 Å². The molecule has 0 fully saturated rings. The lowest BCUT2D eigenvalue weighted by Gasteiger charge is -1.99. The van der Waals surface area contributed by atoms with E-state index in [1.54, 1.807) is 18.2 Å². The molecule has 17 heavy (non-hydrogen) atoms. The van der Waals surface area contributed by atoms with Crippen molar-refractivity contribution in [3.8, 4) is 0 Å². The molecular formula is C14H18ClNO. The Hall–Kier alpha value is -1.54. The monoisotopic (exact) mass is 251 g/mol. The predicted octanol–water partition coefficient (Wildman–Crippen LogP) is 2.89. The first kappa shape index (κ1) is 15.5. The summed E-state index contributed by atoms with van der Waals surface area (Å²) in [4.78, 5) is 4.25. The number of aliphatic hydroxyl groups is 1. The molecule has 92 valence electrons. The third kappa shape index (κ3) is 4.08. The van der Waals surface area contributed by atoms with E-state index in [4.69, 9.17) is 11.6 Å². The Kier molecular flexibility index (Phi) is 6.99. The quantitative estimate of drug-likeness (QED) is 0.877. The second-order valence-electron chi connectivity index (χ2n) is 3.00. The standard InChI is InChI=1S/C12H12ClNO.C2H6/c1-4-6-10-12(11(15)5-2)9(13)7-8(3)14-10;1-2/h4-7,15H,1-2H2,3H3;1-2H3/b10-6+,12-11+;. The lowest BCUT2D eigenvalue weighted by atomic mass is 10.2. The Balaban J connectivity index is 0.00000121. The molecule has 0 aromatic carbocycles. The molecule has 0 aliphatic rings. The molecule has 1 rings (SSSR count). The highest BCUT2D eigenvalue weighted by Gasteiger charge is 2.00. The van der Waals surface area contributed by atoms with E-state index < -0.39 is 0 Å². The van der Waals surface area contributed by atoms with Gasteiger partial charge in [0, 0.05) is 5.69 Å². The van der Waals surface area contributed by atoms with Gasteiger partial charge in [-0.05, 0) is 25.1 Å². The zero-order valence-corrected chi connectivity index (χ0v) is 11.3. The number of hydrogen-bond donors (Lipinski definition) is 1. The van der Waals surface area contributed by atoms with Crippen LogP contribution in [0, 0.1) is 6.92 Å². The number of allylic oxidation sites excluding steroid dienone is 1. The van der Waals surface area contributed by atoms with Crippen molar-refractivity contribution >= 4 is 23.4 Å². The third-order valence-corrected chi connectivity index (χ3v) is 2.15. The average molecular weight is 252 g/mol. The number of rotatable bonds is 2. The molecule has 0 unspecified atom stereocenters. The number of aromatic nitrogens is 1. The molecule has 1 heterocycles. The van der Waals surface area contributed by atoms with Gasteiger partial charge in [-0.2, -0.15) is 0 Å². The fourth-order valence-corrected chi connectivity index (χ4v) is 1.60. The fraction of sp³-hybridized carbons (Fsp3) is 0.214. The zero-order valence-electron chi connectivity index (χ0n) is 10.5. The van der Waals surface area contributed by atoms with Crippen molar-refractivity contribution in [1.82, 2.24) is 4.98 Å². The molecule has 1 aromatic heterocycles. The topological polar surface area (TPSA) is 33.1 Å². The number of nitrogens with zero attached hydrogens (tertiary/aromatic N) is 1. The van der Waals surface area contributed by atoms with Crippen LogP contribution >= 0.6 is 11.6 Å². The molecule has 0 aliphatic carbocycles. The largest absolute Gasteiger partial charge is 0.507 e. The number of aliphatic hydroxyl groups excluding tert-OH is 1. The number of halogens is 1. The van der Waals surface area contributed by atoms with Crippen molar-refractivity contribution < 1.29 is 5.11 Å². The highest BCUT2D eigenvalue weighted by Crippen LogP contribution is 2.01. The van der Waals surface area contributed by atoms with Crippen molar-refractivity contribution in [2.75, 3.05) is 0 Å². The predicted molar refractivity (Wildman–Crippen MR) is 75.5 cm³/mol.